The van der Waals surface area contributed by atoms with Crippen molar-refractivity contribution >= 4 is 0 Å². The van der Waals surface area contributed by atoms with Gasteiger partial charge >= 0.3 is 0 Å². The first kappa shape index (κ1) is 29.4. The number of azo groups is 2. The fourth-order valence-electron chi connectivity index (χ4n) is 2.47. The minimum Gasteiger partial charge on any atom is -0.198 e. The molecular formula is C22H36N8. The molecule has 0 aromatic rings. The minimum absolute atomic E-state index is 0.0915. The third kappa shape index (κ3) is 15.1. The van der Waals surface area contributed by atoms with Gasteiger partial charge in [0.25, 0.3) is 0 Å². The van der Waals surface area contributed by atoms with Crippen molar-refractivity contribution in [1.29, 1.82) is 21.0 Å². The molecule has 164 valence electrons. The zero-order valence-corrected chi connectivity index (χ0v) is 19.7. The first-order valence-electron chi connectivity index (χ1n) is 10.3. The van der Waals surface area contributed by atoms with E-state index in [1.807, 2.05) is 39.8 Å². The Labute approximate surface area is 182 Å². The molecule has 0 heterocycles. The zero-order valence-electron chi connectivity index (χ0n) is 19.7. The first-order chi connectivity index (χ1) is 13.9. The Bertz CT molecular complexity index is 653. The molecule has 4 unspecified atom stereocenters. The van der Waals surface area contributed by atoms with Crippen LogP contribution in [0.2, 0.25) is 0 Å². The number of hydrogen-bond donors (Lipinski definition) is 0. The second kappa shape index (κ2) is 15.1. The molecule has 4 atom stereocenters. The van der Waals surface area contributed by atoms with Crippen LogP contribution in [0.3, 0.4) is 0 Å². The van der Waals surface area contributed by atoms with Crippen molar-refractivity contribution in [2.45, 2.75) is 79.3 Å². The molecule has 0 bridgehead atoms. The summed E-state index contributed by atoms with van der Waals surface area (Å²) in [5.41, 5.74) is -1.66. The van der Waals surface area contributed by atoms with E-state index < -0.39 is 11.1 Å². The quantitative estimate of drug-likeness (QED) is 0.414. The SMILES string of the molecule is CC(C#N)CN=NCC(C)C#N.CC(C)CC(C)(C#N)N=NC(C)(C#N)CC(C)C. The summed E-state index contributed by atoms with van der Waals surface area (Å²) in [5, 5.41) is 51.0. The summed E-state index contributed by atoms with van der Waals surface area (Å²) in [5.74, 6) is 0.552. The van der Waals surface area contributed by atoms with E-state index in [-0.39, 0.29) is 11.8 Å². The molecule has 0 rings (SSSR count). The van der Waals surface area contributed by atoms with Crippen molar-refractivity contribution in [3.8, 4) is 24.3 Å². The third-order valence-corrected chi connectivity index (χ3v) is 3.84. The molecule has 0 aromatic heterocycles. The molecule has 0 aliphatic rings. The molecule has 0 fully saturated rings. The van der Waals surface area contributed by atoms with Gasteiger partial charge < -0.3 is 0 Å². The number of rotatable bonds is 10. The summed E-state index contributed by atoms with van der Waals surface area (Å²) in [6.45, 7) is 16.1. The Hall–Kier alpha value is -2.84. The molecule has 0 aromatic carbocycles. The Kier molecular flexibility index (Phi) is 14.7. The molecule has 0 saturated carbocycles. The Balaban J connectivity index is 0. The predicted octanol–water partition coefficient (Wildman–Crippen LogP) is 5.85. The second-order valence-corrected chi connectivity index (χ2v) is 8.88. The first-order valence-corrected chi connectivity index (χ1v) is 10.3. The smallest absolute Gasteiger partial charge is 0.165 e. The van der Waals surface area contributed by atoms with Gasteiger partial charge in [0, 0.05) is 0 Å². The lowest BCUT2D eigenvalue weighted by Gasteiger charge is -2.22. The Morgan fingerprint density at radius 3 is 1.13 bits per heavy atom. The zero-order chi connectivity index (χ0) is 23.8. The lowest BCUT2D eigenvalue weighted by Crippen LogP contribution is -2.26. The maximum absolute atomic E-state index is 9.20. The third-order valence-electron chi connectivity index (χ3n) is 3.84. The van der Waals surface area contributed by atoms with E-state index in [0.29, 0.717) is 37.8 Å². The van der Waals surface area contributed by atoms with E-state index in [2.05, 4.69) is 32.6 Å². The van der Waals surface area contributed by atoms with Crippen LogP contribution in [-0.4, -0.2) is 24.2 Å². The monoisotopic (exact) mass is 412 g/mol. The van der Waals surface area contributed by atoms with Crippen LogP contribution in [0.15, 0.2) is 20.5 Å². The summed E-state index contributed by atoms with van der Waals surface area (Å²) in [7, 11) is 0. The van der Waals surface area contributed by atoms with Gasteiger partial charge in [-0.3, -0.25) is 0 Å². The fourth-order valence-corrected chi connectivity index (χ4v) is 2.47. The van der Waals surface area contributed by atoms with E-state index in [4.69, 9.17) is 10.5 Å². The highest BCUT2D eigenvalue weighted by Gasteiger charge is 2.29. The lowest BCUT2D eigenvalue weighted by atomic mass is 9.92. The maximum Gasteiger partial charge on any atom is 0.165 e. The molecule has 0 saturated heterocycles. The molecular weight excluding hydrogens is 376 g/mol. The van der Waals surface area contributed by atoms with Crippen LogP contribution < -0.4 is 0 Å². The summed E-state index contributed by atoms with van der Waals surface area (Å²) < 4.78 is 0. The Morgan fingerprint density at radius 1 is 0.633 bits per heavy atom. The van der Waals surface area contributed by atoms with Gasteiger partial charge in [-0.25, -0.2) is 0 Å². The topological polar surface area (TPSA) is 145 Å². The molecule has 0 amide bonds. The van der Waals surface area contributed by atoms with Gasteiger partial charge in [-0.2, -0.15) is 41.5 Å². The molecule has 8 heteroatoms. The summed E-state index contributed by atoms with van der Waals surface area (Å²) >= 11 is 0. The number of hydrogen-bond acceptors (Lipinski definition) is 8. The van der Waals surface area contributed by atoms with Crippen LogP contribution in [-0.2, 0) is 0 Å². The van der Waals surface area contributed by atoms with Gasteiger partial charge in [-0.1, -0.05) is 27.7 Å². The highest BCUT2D eigenvalue weighted by Crippen LogP contribution is 2.26. The number of nitriles is 4. The van der Waals surface area contributed by atoms with Crippen LogP contribution >= 0.6 is 0 Å². The van der Waals surface area contributed by atoms with Crippen molar-refractivity contribution in [3.05, 3.63) is 0 Å². The van der Waals surface area contributed by atoms with E-state index in [1.54, 1.807) is 27.7 Å². The average molecular weight is 413 g/mol. The fraction of sp³-hybridized carbons (Fsp3) is 0.818. The lowest BCUT2D eigenvalue weighted by molar-refractivity contribution is 0.384. The van der Waals surface area contributed by atoms with Gasteiger partial charge in [-0.05, 0) is 52.4 Å². The van der Waals surface area contributed by atoms with Gasteiger partial charge in [-0.15, -0.1) is 0 Å². The molecule has 0 spiro atoms. The van der Waals surface area contributed by atoms with E-state index >= 15 is 0 Å². The highest BCUT2D eigenvalue weighted by atomic mass is 15.2. The molecule has 0 aliphatic heterocycles. The van der Waals surface area contributed by atoms with Crippen molar-refractivity contribution in [3.63, 3.8) is 0 Å². The molecule has 30 heavy (non-hydrogen) atoms. The van der Waals surface area contributed by atoms with Crippen molar-refractivity contribution < 1.29 is 0 Å². The second-order valence-electron chi connectivity index (χ2n) is 8.88. The summed E-state index contributed by atoms with van der Waals surface area (Å²) in [6.07, 6.45) is 1.30. The summed E-state index contributed by atoms with van der Waals surface area (Å²) in [6, 6.07) is 8.48. The maximum atomic E-state index is 9.20. The van der Waals surface area contributed by atoms with Crippen LogP contribution in [0.1, 0.15) is 68.2 Å². The van der Waals surface area contributed by atoms with E-state index in [1.165, 1.54) is 0 Å². The van der Waals surface area contributed by atoms with Crippen LogP contribution in [0.5, 0.6) is 0 Å². The van der Waals surface area contributed by atoms with E-state index in [0.717, 1.165) is 0 Å². The molecule has 0 aliphatic carbocycles. The van der Waals surface area contributed by atoms with Gasteiger partial charge in [0.15, 0.2) is 11.1 Å². The molecule has 8 nitrogen and oxygen atoms in total. The van der Waals surface area contributed by atoms with Crippen molar-refractivity contribution in [2.24, 2.45) is 44.1 Å². The standard InChI is InChI=1S/C14H24N4.C8H12N4/c1-11(2)7-13(5,9-15)17-18-14(6,10-16)8-12(3)4;1-7(3-9)5-11-12-6-8(2)4-10/h11-12H,7-8H2,1-6H3;7-8H,5-6H2,1-2H3. The Morgan fingerprint density at radius 2 is 0.933 bits per heavy atom. The molecule has 0 N–H and O–H groups in total. The van der Waals surface area contributed by atoms with Crippen molar-refractivity contribution in [2.75, 3.05) is 13.1 Å². The highest BCUT2D eigenvalue weighted by molar-refractivity contribution is 5.07. The van der Waals surface area contributed by atoms with Crippen LogP contribution in [0, 0.1) is 69.0 Å². The van der Waals surface area contributed by atoms with Crippen molar-refractivity contribution in [1.82, 2.24) is 0 Å². The largest absolute Gasteiger partial charge is 0.198 e. The van der Waals surface area contributed by atoms with Crippen LogP contribution in [0.25, 0.3) is 0 Å². The van der Waals surface area contributed by atoms with Gasteiger partial charge in [0.05, 0.1) is 49.2 Å². The van der Waals surface area contributed by atoms with E-state index in [9.17, 15) is 10.5 Å². The summed E-state index contributed by atoms with van der Waals surface area (Å²) in [4.78, 5) is 0. The molecule has 0 radical (unpaired) electrons. The van der Waals surface area contributed by atoms with Gasteiger partial charge in [0.2, 0.25) is 0 Å². The average Bonchev–Trinajstić information content (AvgIpc) is 2.68. The minimum atomic E-state index is -0.830. The number of nitrogens with zero attached hydrogens (tertiary/aromatic N) is 8. The van der Waals surface area contributed by atoms with Crippen LogP contribution in [0.4, 0.5) is 0 Å². The predicted molar refractivity (Wildman–Crippen MR) is 116 cm³/mol. The van der Waals surface area contributed by atoms with Gasteiger partial charge in [0.1, 0.15) is 0 Å². The normalized spacial score (nSPS) is 17.0.